The molecule has 0 saturated carbocycles. The highest BCUT2D eigenvalue weighted by atomic mass is 14.9. The van der Waals surface area contributed by atoms with Crippen molar-refractivity contribution in [1.29, 1.82) is 0 Å². The molecule has 0 bridgehead atoms. The zero-order valence-corrected chi connectivity index (χ0v) is 11.1. The maximum absolute atomic E-state index is 3.49. The van der Waals surface area contributed by atoms with Crippen LogP contribution in [0.5, 0.6) is 0 Å². The molecule has 0 unspecified atom stereocenters. The molecule has 2 aromatic rings. The number of hydrogen-bond acceptors (Lipinski definition) is 1. The van der Waals surface area contributed by atoms with Crippen LogP contribution in [0.25, 0.3) is 11.1 Å². The van der Waals surface area contributed by atoms with Gasteiger partial charge < -0.3 is 5.32 Å². The van der Waals surface area contributed by atoms with E-state index in [1.54, 1.807) is 11.1 Å². The molecular weight excluding hydrogens is 230 g/mol. The summed E-state index contributed by atoms with van der Waals surface area (Å²) in [7, 11) is 0. The van der Waals surface area contributed by atoms with Crippen LogP contribution in [0.3, 0.4) is 0 Å². The number of nitrogens with one attached hydrogen (secondary N) is 1. The summed E-state index contributed by atoms with van der Waals surface area (Å²) in [4.78, 5) is 0. The van der Waals surface area contributed by atoms with Gasteiger partial charge in [-0.25, -0.2) is 0 Å². The second-order valence-electron chi connectivity index (χ2n) is 5.74. The van der Waals surface area contributed by atoms with Gasteiger partial charge in [0.05, 0.1) is 0 Å². The first kappa shape index (κ1) is 11.2. The molecule has 96 valence electrons. The summed E-state index contributed by atoms with van der Waals surface area (Å²) in [6.07, 6.45) is 2.60. The first-order valence-corrected chi connectivity index (χ1v) is 7.34. The Kier molecular flexibility index (Phi) is 2.66. The molecule has 1 nitrogen and oxygen atoms in total. The van der Waals surface area contributed by atoms with Crippen LogP contribution in [0.15, 0.2) is 48.5 Å². The van der Waals surface area contributed by atoms with Gasteiger partial charge in [0.15, 0.2) is 0 Å². The fraction of sp³-hybridized carbons (Fsp3) is 0.333. The number of hydrogen-bond donors (Lipinski definition) is 1. The third-order valence-corrected chi connectivity index (χ3v) is 4.74. The van der Waals surface area contributed by atoms with E-state index in [0.29, 0.717) is 5.92 Å². The molecule has 1 N–H and O–H groups in total. The number of fused-ring (bicyclic) bond motifs is 3. The fourth-order valence-electron chi connectivity index (χ4n) is 3.88. The third kappa shape index (κ3) is 1.73. The van der Waals surface area contributed by atoms with E-state index < -0.39 is 0 Å². The molecule has 2 aromatic carbocycles. The molecule has 0 amide bonds. The van der Waals surface area contributed by atoms with Crippen LogP contribution in [-0.2, 0) is 0 Å². The average Bonchev–Trinajstić information content (AvgIpc) is 2.83. The largest absolute Gasteiger partial charge is 0.317 e. The van der Waals surface area contributed by atoms with Crippen LogP contribution in [0.4, 0.5) is 0 Å². The lowest BCUT2D eigenvalue weighted by atomic mass is 9.79. The topological polar surface area (TPSA) is 12.0 Å². The van der Waals surface area contributed by atoms with Crippen molar-refractivity contribution >= 4 is 0 Å². The lowest BCUT2D eigenvalue weighted by Crippen LogP contribution is -2.30. The van der Waals surface area contributed by atoms with E-state index in [0.717, 1.165) is 5.92 Å². The van der Waals surface area contributed by atoms with Gasteiger partial charge >= 0.3 is 0 Å². The molecule has 19 heavy (non-hydrogen) atoms. The SMILES string of the molecule is c1ccc2c(c1)-c1ccccc1C2C1CCNCC1. The number of benzene rings is 2. The predicted molar refractivity (Wildman–Crippen MR) is 79.3 cm³/mol. The van der Waals surface area contributed by atoms with Crippen molar-refractivity contribution in [2.24, 2.45) is 5.92 Å². The van der Waals surface area contributed by atoms with Crippen LogP contribution in [0.1, 0.15) is 29.9 Å². The summed E-state index contributed by atoms with van der Waals surface area (Å²) in [6.45, 7) is 2.34. The maximum atomic E-state index is 3.49. The minimum Gasteiger partial charge on any atom is -0.317 e. The standard InChI is InChI=1S/C18H19N/c1-3-7-16-14(5-1)15-6-2-4-8-17(15)18(16)13-9-11-19-12-10-13/h1-8,13,18-19H,9-12H2. The van der Waals surface area contributed by atoms with Crippen LogP contribution in [0.2, 0.25) is 0 Å². The van der Waals surface area contributed by atoms with Gasteiger partial charge in [-0.2, -0.15) is 0 Å². The van der Waals surface area contributed by atoms with Crippen molar-refractivity contribution < 1.29 is 0 Å². The minimum absolute atomic E-state index is 0.620. The highest BCUT2D eigenvalue weighted by Crippen LogP contribution is 2.49. The van der Waals surface area contributed by atoms with Gasteiger partial charge in [-0.3, -0.25) is 0 Å². The summed E-state index contributed by atoms with van der Waals surface area (Å²) in [5, 5.41) is 3.49. The van der Waals surface area contributed by atoms with Gasteiger partial charge in [0, 0.05) is 5.92 Å². The van der Waals surface area contributed by atoms with Crippen molar-refractivity contribution in [3.63, 3.8) is 0 Å². The Bertz CT molecular complexity index is 551. The van der Waals surface area contributed by atoms with Gasteiger partial charge in [0.2, 0.25) is 0 Å². The molecule has 2 aliphatic rings. The number of piperidine rings is 1. The van der Waals surface area contributed by atoms with Gasteiger partial charge in [0.25, 0.3) is 0 Å². The van der Waals surface area contributed by atoms with Crippen LogP contribution in [0, 0.1) is 5.92 Å². The van der Waals surface area contributed by atoms with Crippen LogP contribution >= 0.6 is 0 Å². The van der Waals surface area contributed by atoms with Crippen molar-refractivity contribution in [3.05, 3.63) is 59.7 Å². The monoisotopic (exact) mass is 249 g/mol. The van der Waals surface area contributed by atoms with Crippen molar-refractivity contribution in [3.8, 4) is 11.1 Å². The first-order valence-electron chi connectivity index (χ1n) is 7.34. The molecule has 1 heteroatoms. The molecule has 0 atom stereocenters. The molecule has 0 spiro atoms. The Morgan fingerprint density at radius 3 is 1.84 bits per heavy atom. The van der Waals surface area contributed by atoms with Crippen LogP contribution < -0.4 is 5.32 Å². The van der Waals surface area contributed by atoms with E-state index in [9.17, 15) is 0 Å². The normalized spacial score (nSPS) is 19.2. The highest BCUT2D eigenvalue weighted by molar-refractivity contribution is 5.78. The molecule has 1 heterocycles. The Balaban J connectivity index is 1.86. The second kappa shape index (κ2) is 4.50. The third-order valence-electron chi connectivity index (χ3n) is 4.74. The van der Waals surface area contributed by atoms with Gasteiger partial charge in [0.1, 0.15) is 0 Å². The molecule has 1 aliphatic carbocycles. The summed E-state index contributed by atoms with van der Waals surface area (Å²) < 4.78 is 0. The Hall–Kier alpha value is -1.60. The van der Waals surface area contributed by atoms with E-state index >= 15 is 0 Å². The fourth-order valence-corrected chi connectivity index (χ4v) is 3.88. The molecule has 1 aliphatic heterocycles. The van der Waals surface area contributed by atoms with E-state index in [2.05, 4.69) is 53.8 Å². The maximum Gasteiger partial charge on any atom is 0.0131 e. The Morgan fingerprint density at radius 1 is 0.737 bits per heavy atom. The summed E-state index contributed by atoms with van der Waals surface area (Å²) in [5.41, 5.74) is 6.02. The summed E-state index contributed by atoms with van der Waals surface area (Å²) in [5.74, 6) is 1.42. The molecule has 1 saturated heterocycles. The average molecular weight is 249 g/mol. The lowest BCUT2D eigenvalue weighted by molar-refractivity contribution is 0.345. The minimum atomic E-state index is 0.620. The predicted octanol–water partition coefficient (Wildman–Crippen LogP) is 3.80. The van der Waals surface area contributed by atoms with Crippen molar-refractivity contribution in [2.45, 2.75) is 18.8 Å². The van der Waals surface area contributed by atoms with Crippen LogP contribution in [-0.4, -0.2) is 13.1 Å². The Labute approximate surface area is 114 Å². The summed E-state index contributed by atoms with van der Waals surface area (Å²) in [6, 6.07) is 18.0. The molecule has 1 fully saturated rings. The Morgan fingerprint density at radius 2 is 1.26 bits per heavy atom. The zero-order chi connectivity index (χ0) is 12.7. The van der Waals surface area contributed by atoms with Crippen molar-refractivity contribution in [1.82, 2.24) is 5.32 Å². The second-order valence-corrected chi connectivity index (χ2v) is 5.74. The quantitative estimate of drug-likeness (QED) is 0.810. The van der Waals surface area contributed by atoms with Crippen molar-refractivity contribution in [2.75, 3.05) is 13.1 Å². The van der Waals surface area contributed by atoms with Gasteiger partial charge in [-0.05, 0) is 54.1 Å². The lowest BCUT2D eigenvalue weighted by Gasteiger charge is -2.29. The van der Waals surface area contributed by atoms with E-state index in [4.69, 9.17) is 0 Å². The molecule has 4 rings (SSSR count). The first-order chi connectivity index (χ1) is 9.45. The molecule has 0 radical (unpaired) electrons. The highest BCUT2D eigenvalue weighted by Gasteiger charge is 2.34. The van der Waals surface area contributed by atoms with Gasteiger partial charge in [-0.1, -0.05) is 48.5 Å². The summed E-state index contributed by atoms with van der Waals surface area (Å²) >= 11 is 0. The van der Waals surface area contributed by atoms with E-state index in [1.165, 1.54) is 37.1 Å². The smallest absolute Gasteiger partial charge is 0.0131 e. The molecule has 0 aromatic heterocycles. The molecular formula is C18H19N. The van der Waals surface area contributed by atoms with E-state index in [1.807, 2.05) is 0 Å². The van der Waals surface area contributed by atoms with Gasteiger partial charge in [-0.15, -0.1) is 0 Å². The zero-order valence-electron chi connectivity index (χ0n) is 11.1. The number of rotatable bonds is 1. The van der Waals surface area contributed by atoms with E-state index in [-0.39, 0.29) is 0 Å².